The average molecular weight is 366 g/mol. The van der Waals surface area contributed by atoms with E-state index >= 15 is 0 Å². The summed E-state index contributed by atoms with van der Waals surface area (Å²) >= 11 is 0. The van der Waals surface area contributed by atoms with E-state index < -0.39 is 17.7 Å². The van der Waals surface area contributed by atoms with E-state index in [9.17, 15) is 14.0 Å². The van der Waals surface area contributed by atoms with E-state index in [4.69, 9.17) is 0 Å². The molecule has 0 bridgehead atoms. The topological polar surface area (TPSA) is 93.2 Å². The number of aromatic nitrogens is 2. The Morgan fingerprint density at radius 2 is 1.78 bits per heavy atom. The van der Waals surface area contributed by atoms with Crippen LogP contribution in [-0.2, 0) is 4.74 Å². The highest BCUT2D eigenvalue weighted by Gasteiger charge is 2.11. The maximum absolute atomic E-state index is 13.3. The number of ether oxygens (including phenoxy) is 1. The van der Waals surface area contributed by atoms with Gasteiger partial charge in [-0.1, -0.05) is 12.1 Å². The lowest BCUT2D eigenvalue weighted by Gasteiger charge is -2.08. The molecule has 0 fully saturated rings. The summed E-state index contributed by atoms with van der Waals surface area (Å²) in [6, 6.07) is 13.6. The number of methoxy groups -OCH3 is 1. The Morgan fingerprint density at radius 1 is 1.00 bits per heavy atom. The van der Waals surface area contributed by atoms with Crippen molar-refractivity contribution >= 4 is 29.1 Å². The number of hydrogen-bond acceptors (Lipinski definition) is 6. The molecule has 1 amide bonds. The number of carbonyl (C=O) groups is 2. The van der Waals surface area contributed by atoms with Crippen LogP contribution in [0.25, 0.3) is 0 Å². The van der Waals surface area contributed by atoms with Gasteiger partial charge in [0.15, 0.2) is 0 Å². The summed E-state index contributed by atoms with van der Waals surface area (Å²) in [5.74, 6) is -1.04. The third kappa shape index (κ3) is 4.63. The molecule has 0 radical (unpaired) electrons. The zero-order valence-electron chi connectivity index (χ0n) is 14.3. The van der Waals surface area contributed by atoms with Crippen LogP contribution in [0.5, 0.6) is 0 Å². The second kappa shape index (κ2) is 8.05. The van der Waals surface area contributed by atoms with Gasteiger partial charge < -0.3 is 15.4 Å². The fraction of sp³-hybridized carbons (Fsp3) is 0.0526. The Hall–Kier alpha value is -3.81. The van der Waals surface area contributed by atoms with Gasteiger partial charge in [-0.2, -0.15) is 0 Å². The standard InChI is InChI=1S/C19H15FN4O3/c1-27-19(26)12-4-2-6-14(8-12)24-18(25)16-10-17(22-11-21-16)23-15-7-3-5-13(20)9-15/h2-11H,1H3,(H,24,25)(H,21,22,23). The lowest BCUT2D eigenvalue weighted by atomic mass is 10.2. The van der Waals surface area contributed by atoms with Crippen molar-refractivity contribution < 1.29 is 18.7 Å². The first-order valence-electron chi connectivity index (χ1n) is 7.89. The zero-order chi connectivity index (χ0) is 19.2. The number of hydrogen-bond donors (Lipinski definition) is 2. The van der Waals surface area contributed by atoms with Crippen molar-refractivity contribution in [3.05, 3.63) is 78.0 Å². The van der Waals surface area contributed by atoms with Crippen molar-refractivity contribution in [2.24, 2.45) is 0 Å². The van der Waals surface area contributed by atoms with Gasteiger partial charge in [0.1, 0.15) is 23.7 Å². The lowest BCUT2D eigenvalue weighted by Crippen LogP contribution is -2.15. The Kier molecular flexibility index (Phi) is 5.36. The van der Waals surface area contributed by atoms with Crippen LogP contribution >= 0.6 is 0 Å². The van der Waals surface area contributed by atoms with Crippen LogP contribution in [0.15, 0.2) is 60.9 Å². The molecule has 0 aliphatic carbocycles. The van der Waals surface area contributed by atoms with E-state index in [1.807, 2.05) is 0 Å². The summed E-state index contributed by atoms with van der Waals surface area (Å²) in [7, 11) is 1.28. The summed E-state index contributed by atoms with van der Waals surface area (Å²) in [5.41, 5.74) is 1.32. The highest BCUT2D eigenvalue weighted by atomic mass is 19.1. The van der Waals surface area contributed by atoms with E-state index in [0.29, 0.717) is 22.8 Å². The number of benzene rings is 2. The van der Waals surface area contributed by atoms with Gasteiger partial charge in [-0.25, -0.2) is 19.2 Å². The Labute approximate surface area is 154 Å². The zero-order valence-corrected chi connectivity index (χ0v) is 14.3. The van der Waals surface area contributed by atoms with E-state index in [-0.39, 0.29) is 5.69 Å². The molecule has 3 rings (SSSR count). The molecule has 0 atom stereocenters. The fourth-order valence-corrected chi connectivity index (χ4v) is 2.30. The highest BCUT2D eigenvalue weighted by molar-refractivity contribution is 6.04. The summed E-state index contributed by atoms with van der Waals surface area (Å²) in [6.45, 7) is 0. The summed E-state index contributed by atoms with van der Waals surface area (Å²) in [6.07, 6.45) is 1.22. The third-order valence-electron chi connectivity index (χ3n) is 3.54. The number of nitrogens with one attached hydrogen (secondary N) is 2. The van der Waals surface area contributed by atoms with E-state index in [2.05, 4.69) is 25.3 Å². The molecule has 3 aromatic rings. The maximum atomic E-state index is 13.3. The van der Waals surface area contributed by atoms with Crippen molar-refractivity contribution in [3.63, 3.8) is 0 Å². The Morgan fingerprint density at radius 3 is 2.56 bits per heavy atom. The molecule has 136 valence electrons. The third-order valence-corrected chi connectivity index (χ3v) is 3.54. The fourth-order valence-electron chi connectivity index (χ4n) is 2.30. The summed E-state index contributed by atoms with van der Waals surface area (Å²) < 4.78 is 17.9. The van der Waals surface area contributed by atoms with Gasteiger partial charge in [-0.05, 0) is 36.4 Å². The Bertz CT molecular complexity index is 994. The lowest BCUT2D eigenvalue weighted by molar-refractivity contribution is 0.0600. The summed E-state index contributed by atoms with van der Waals surface area (Å²) in [4.78, 5) is 31.9. The van der Waals surface area contributed by atoms with Crippen molar-refractivity contribution in [3.8, 4) is 0 Å². The first-order chi connectivity index (χ1) is 13.0. The quantitative estimate of drug-likeness (QED) is 0.672. The van der Waals surface area contributed by atoms with Crippen LogP contribution in [-0.4, -0.2) is 29.0 Å². The molecule has 1 aromatic heterocycles. The van der Waals surface area contributed by atoms with Crippen molar-refractivity contribution in [2.45, 2.75) is 0 Å². The van der Waals surface area contributed by atoms with Crippen LogP contribution in [0, 0.1) is 5.82 Å². The first-order valence-corrected chi connectivity index (χ1v) is 7.89. The molecular formula is C19H15FN4O3. The molecular weight excluding hydrogens is 351 g/mol. The van der Waals surface area contributed by atoms with E-state index in [1.165, 1.54) is 37.7 Å². The predicted molar refractivity (Wildman–Crippen MR) is 97.4 cm³/mol. The number of anilines is 3. The minimum atomic E-state index is -0.505. The number of amides is 1. The maximum Gasteiger partial charge on any atom is 0.337 e. The molecule has 0 aliphatic rings. The SMILES string of the molecule is COC(=O)c1cccc(NC(=O)c2cc(Nc3cccc(F)c3)ncn2)c1. The molecule has 2 aromatic carbocycles. The largest absolute Gasteiger partial charge is 0.465 e. The molecule has 8 heteroatoms. The molecule has 0 aliphatic heterocycles. The van der Waals surface area contributed by atoms with Gasteiger partial charge in [-0.3, -0.25) is 4.79 Å². The van der Waals surface area contributed by atoms with Gasteiger partial charge in [0, 0.05) is 17.4 Å². The smallest absolute Gasteiger partial charge is 0.337 e. The van der Waals surface area contributed by atoms with Gasteiger partial charge in [-0.15, -0.1) is 0 Å². The van der Waals surface area contributed by atoms with Crippen LogP contribution in [0.1, 0.15) is 20.8 Å². The molecule has 0 saturated heterocycles. The van der Waals surface area contributed by atoms with Crippen LogP contribution < -0.4 is 10.6 Å². The number of esters is 1. The molecule has 0 unspecified atom stereocenters. The number of carbonyl (C=O) groups excluding carboxylic acids is 2. The van der Waals surface area contributed by atoms with E-state index in [0.717, 1.165) is 0 Å². The normalized spacial score (nSPS) is 10.1. The number of halogens is 1. The summed E-state index contributed by atoms with van der Waals surface area (Å²) in [5, 5.41) is 5.56. The molecule has 7 nitrogen and oxygen atoms in total. The van der Waals surface area contributed by atoms with Crippen LogP contribution in [0.4, 0.5) is 21.6 Å². The molecule has 27 heavy (non-hydrogen) atoms. The molecule has 0 saturated carbocycles. The van der Waals surface area contributed by atoms with Crippen molar-refractivity contribution in [1.29, 1.82) is 0 Å². The van der Waals surface area contributed by atoms with Crippen LogP contribution in [0.3, 0.4) is 0 Å². The highest BCUT2D eigenvalue weighted by Crippen LogP contribution is 2.17. The first kappa shape index (κ1) is 18.0. The molecule has 1 heterocycles. The second-order valence-electron chi connectivity index (χ2n) is 5.45. The van der Waals surface area contributed by atoms with Gasteiger partial charge >= 0.3 is 5.97 Å². The molecule has 2 N–H and O–H groups in total. The monoisotopic (exact) mass is 366 g/mol. The van der Waals surface area contributed by atoms with Gasteiger partial charge in [0.2, 0.25) is 0 Å². The second-order valence-corrected chi connectivity index (χ2v) is 5.45. The Balaban J connectivity index is 1.75. The van der Waals surface area contributed by atoms with Gasteiger partial charge in [0.05, 0.1) is 12.7 Å². The van der Waals surface area contributed by atoms with Gasteiger partial charge in [0.25, 0.3) is 5.91 Å². The van der Waals surface area contributed by atoms with E-state index in [1.54, 1.807) is 30.3 Å². The van der Waals surface area contributed by atoms with Crippen molar-refractivity contribution in [2.75, 3.05) is 17.7 Å². The number of rotatable bonds is 5. The minimum absolute atomic E-state index is 0.104. The van der Waals surface area contributed by atoms with Crippen LogP contribution in [0.2, 0.25) is 0 Å². The number of nitrogens with zero attached hydrogens (tertiary/aromatic N) is 2. The predicted octanol–water partition coefficient (Wildman–Crippen LogP) is 3.40. The minimum Gasteiger partial charge on any atom is -0.465 e. The molecule has 0 spiro atoms. The average Bonchev–Trinajstić information content (AvgIpc) is 2.68. The van der Waals surface area contributed by atoms with Crippen molar-refractivity contribution in [1.82, 2.24) is 9.97 Å².